The van der Waals surface area contributed by atoms with Gasteiger partial charge in [0.25, 0.3) is 7.82 Å². The van der Waals surface area contributed by atoms with Crippen molar-refractivity contribution in [3.8, 4) is 0 Å². The van der Waals surface area contributed by atoms with Gasteiger partial charge in [-0.2, -0.15) is 0 Å². The van der Waals surface area contributed by atoms with Gasteiger partial charge in [-0.3, -0.25) is 9.36 Å². The van der Waals surface area contributed by atoms with Crippen molar-refractivity contribution < 1.29 is 32.9 Å². The molecule has 0 saturated heterocycles. The molecule has 0 aromatic rings. The van der Waals surface area contributed by atoms with Crippen molar-refractivity contribution in [2.45, 2.75) is 270 Å². The highest BCUT2D eigenvalue weighted by atomic mass is 31.2. The minimum absolute atomic E-state index is 0.00775. The highest BCUT2D eigenvalue weighted by Crippen LogP contribution is 2.38. The van der Waals surface area contributed by atoms with E-state index < -0.39 is 26.6 Å². The maximum absolute atomic E-state index is 12.9. The fourth-order valence-electron chi connectivity index (χ4n) is 8.01. The Kier molecular flexibility index (Phi) is 45.9. The van der Waals surface area contributed by atoms with Gasteiger partial charge in [0.15, 0.2) is 0 Å². The van der Waals surface area contributed by atoms with Crippen molar-refractivity contribution in [3.63, 3.8) is 0 Å². The van der Waals surface area contributed by atoms with Crippen LogP contribution in [0.5, 0.6) is 0 Å². The molecule has 0 aliphatic carbocycles. The van der Waals surface area contributed by atoms with E-state index >= 15 is 0 Å². The van der Waals surface area contributed by atoms with Crippen LogP contribution in [0.25, 0.3) is 0 Å². The van der Waals surface area contributed by atoms with E-state index in [9.17, 15) is 19.4 Å². The topological polar surface area (TPSA) is 108 Å². The number of nitrogens with zero attached hydrogens (tertiary/aromatic N) is 1. The minimum Gasteiger partial charge on any atom is -0.756 e. The Morgan fingerprint density at radius 2 is 0.875 bits per heavy atom. The van der Waals surface area contributed by atoms with Gasteiger partial charge >= 0.3 is 0 Å². The number of nitrogens with one attached hydrogen (secondary N) is 1. The van der Waals surface area contributed by atoms with Gasteiger partial charge in [-0.15, -0.1) is 0 Å². The number of amides is 1. The Balaban J connectivity index is 4.19. The van der Waals surface area contributed by atoms with E-state index in [4.69, 9.17) is 9.05 Å². The van der Waals surface area contributed by atoms with Crippen LogP contribution in [0.1, 0.15) is 258 Å². The van der Waals surface area contributed by atoms with E-state index in [1.807, 2.05) is 27.2 Å². The molecular formula is C55H107N2O6P. The molecule has 378 valence electrons. The van der Waals surface area contributed by atoms with Crippen LogP contribution in [-0.4, -0.2) is 68.5 Å². The number of phosphoric ester groups is 1. The second-order valence-electron chi connectivity index (χ2n) is 19.9. The van der Waals surface area contributed by atoms with E-state index in [0.717, 1.165) is 44.9 Å². The Bertz CT molecular complexity index is 1140. The zero-order chi connectivity index (χ0) is 47.1. The molecule has 0 aliphatic rings. The molecule has 0 radical (unpaired) electrons. The molecule has 0 aliphatic heterocycles. The predicted molar refractivity (Wildman–Crippen MR) is 275 cm³/mol. The summed E-state index contributed by atoms with van der Waals surface area (Å²) in [7, 11) is 1.24. The van der Waals surface area contributed by atoms with Gasteiger partial charge in [-0.1, -0.05) is 243 Å². The molecule has 0 heterocycles. The normalized spacial score (nSPS) is 14.3. The Hall–Kier alpha value is -1.28. The van der Waals surface area contributed by atoms with Crippen LogP contribution in [0.2, 0.25) is 0 Å². The van der Waals surface area contributed by atoms with E-state index in [2.05, 4.69) is 43.5 Å². The van der Waals surface area contributed by atoms with Crippen LogP contribution >= 0.6 is 7.82 Å². The summed E-state index contributed by atoms with van der Waals surface area (Å²) in [5.74, 6) is -0.211. The summed E-state index contributed by atoms with van der Waals surface area (Å²) in [5.41, 5.74) is 0. The summed E-state index contributed by atoms with van der Waals surface area (Å²) in [6.45, 7) is 4.63. The second-order valence-corrected chi connectivity index (χ2v) is 21.3. The summed E-state index contributed by atoms with van der Waals surface area (Å²) in [4.78, 5) is 25.3. The molecule has 0 aromatic carbocycles. The zero-order valence-corrected chi connectivity index (χ0v) is 43.9. The quantitative estimate of drug-likeness (QED) is 0.0272. The van der Waals surface area contributed by atoms with Crippen LogP contribution in [0.3, 0.4) is 0 Å². The maximum atomic E-state index is 12.9. The van der Waals surface area contributed by atoms with Gasteiger partial charge in [0.1, 0.15) is 13.2 Å². The van der Waals surface area contributed by atoms with Crippen LogP contribution in [0.15, 0.2) is 36.5 Å². The molecule has 8 nitrogen and oxygen atoms in total. The summed E-state index contributed by atoms with van der Waals surface area (Å²) in [6, 6.07) is -0.906. The number of carbonyl (C=O) groups is 1. The number of hydrogen-bond acceptors (Lipinski definition) is 6. The molecule has 2 N–H and O–H groups in total. The summed E-state index contributed by atoms with van der Waals surface area (Å²) < 4.78 is 23.2. The fourth-order valence-corrected chi connectivity index (χ4v) is 8.73. The average molecular weight is 923 g/mol. The number of quaternary nitrogens is 1. The second kappa shape index (κ2) is 46.8. The van der Waals surface area contributed by atoms with Crippen molar-refractivity contribution in [3.05, 3.63) is 36.5 Å². The first-order valence-corrected chi connectivity index (χ1v) is 28.8. The van der Waals surface area contributed by atoms with Crippen LogP contribution in [0.4, 0.5) is 0 Å². The molecule has 9 heteroatoms. The molecule has 0 bridgehead atoms. The predicted octanol–water partition coefficient (Wildman–Crippen LogP) is 15.6. The lowest BCUT2D eigenvalue weighted by Crippen LogP contribution is -2.45. The molecule has 3 unspecified atom stereocenters. The Labute approximate surface area is 397 Å². The van der Waals surface area contributed by atoms with Crippen LogP contribution in [0, 0.1) is 0 Å². The standard InChI is InChI=1S/C55H107N2O6P/c1-6-8-10-12-14-16-18-20-21-22-23-24-25-26-27-28-29-30-31-32-33-34-35-36-37-38-40-42-44-46-48-54(58)53(52-63-64(60,61)62-51-50-57(3,4)5)56-55(59)49-47-45-43-41-39-19-17-15-13-11-9-7-2/h34-35,38,40,46,48,53-54,58H,6-33,36-37,39,41-45,47,49-52H2,1-5H3,(H-,56,59,60,61)/b35-34+,40-38+,48-46+. The highest BCUT2D eigenvalue weighted by molar-refractivity contribution is 7.45. The third-order valence-electron chi connectivity index (χ3n) is 12.3. The van der Waals surface area contributed by atoms with Crippen molar-refractivity contribution >= 4 is 13.7 Å². The Morgan fingerprint density at radius 1 is 0.531 bits per heavy atom. The number of rotatable bonds is 50. The lowest BCUT2D eigenvalue weighted by Gasteiger charge is -2.29. The largest absolute Gasteiger partial charge is 0.756 e. The van der Waals surface area contributed by atoms with Gasteiger partial charge in [-0.25, -0.2) is 0 Å². The number of aliphatic hydroxyl groups excluding tert-OH is 1. The van der Waals surface area contributed by atoms with Crippen molar-refractivity contribution in [2.24, 2.45) is 0 Å². The molecule has 64 heavy (non-hydrogen) atoms. The number of allylic oxidation sites excluding steroid dienone is 5. The van der Waals surface area contributed by atoms with Crippen LogP contribution < -0.4 is 10.2 Å². The fraction of sp³-hybridized carbons (Fsp3) is 0.873. The SMILES string of the molecule is CCCCCCCCCCCCCCCCCCCCCC/C=C/CC/C=C/CC/C=C/C(O)C(COP(=O)([O-])OCC[N+](C)(C)C)NC(=O)CCCCCCCCCCCCCC. The number of aliphatic hydroxyl groups is 1. The maximum Gasteiger partial charge on any atom is 0.268 e. The third kappa shape index (κ3) is 48.6. The summed E-state index contributed by atoms with van der Waals surface area (Å²) >= 11 is 0. The molecule has 0 saturated carbocycles. The van der Waals surface area contributed by atoms with Gasteiger partial charge < -0.3 is 28.8 Å². The molecule has 1 amide bonds. The third-order valence-corrected chi connectivity index (χ3v) is 13.3. The lowest BCUT2D eigenvalue weighted by atomic mass is 10.0. The first-order chi connectivity index (χ1) is 31.0. The first-order valence-electron chi connectivity index (χ1n) is 27.4. The van der Waals surface area contributed by atoms with Crippen LogP contribution in [-0.2, 0) is 18.4 Å². The summed E-state index contributed by atoms with van der Waals surface area (Å²) in [6.07, 6.45) is 59.5. The number of hydrogen-bond donors (Lipinski definition) is 2. The van der Waals surface area contributed by atoms with Gasteiger partial charge in [0.05, 0.1) is 39.9 Å². The van der Waals surface area contributed by atoms with Crippen molar-refractivity contribution in [2.75, 3.05) is 40.9 Å². The van der Waals surface area contributed by atoms with E-state index in [1.54, 1.807) is 6.08 Å². The monoisotopic (exact) mass is 923 g/mol. The molecule has 3 atom stereocenters. The number of phosphoric acid groups is 1. The molecule has 0 fully saturated rings. The molecule has 0 aromatic heterocycles. The highest BCUT2D eigenvalue weighted by Gasteiger charge is 2.23. The number of likely N-dealkylation sites (N-methyl/N-ethyl adjacent to an activating group) is 1. The first kappa shape index (κ1) is 62.7. The molecule has 0 rings (SSSR count). The van der Waals surface area contributed by atoms with Crippen molar-refractivity contribution in [1.29, 1.82) is 0 Å². The van der Waals surface area contributed by atoms with E-state index in [0.29, 0.717) is 17.4 Å². The molecular weight excluding hydrogens is 816 g/mol. The lowest BCUT2D eigenvalue weighted by molar-refractivity contribution is -0.870. The average Bonchev–Trinajstić information content (AvgIpc) is 3.25. The molecule has 0 spiro atoms. The minimum atomic E-state index is -4.60. The zero-order valence-electron chi connectivity index (χ0n) is 43.0. The van der Waals surface area contributed by atoms with E-state index in [1.165, 1.54) is 193 Å². The van der Waals surface area contributed by atoms with E-state index in [-0.39, 0.29) is 12.5 Å². The van der Waals surface area contributed by atoms with Gasteiger partial charge in [0.2, 0.25) is 5.91 Å². The number of carbonyl (C=O) groups excluding carboxylic acids is 1. The van der Waals surface area contributed by atoms with Gasteiger partial charge in [0, 0.05) is 6.42 Å². The van der Waals surface area contributed by atoms with Gasteiger partial charge in [-0.05, 0) is 44.9 Å². The number of unbranched alkanes of at least 4 members (excludes halogenated alkanes) is 33. The Morgan fingerprint density at radius 3 is 1.27 bits per heavy atom. The summed E-state index contributed by atoms with van der Waals surface area (Å²) in [5, 5.41) is 13.8. The smallest absolute Gasteiger partial charge is 0.268 e. The van der Waals surface area contributed by atoms with Crippen molar-refractivity contribution in [1.82, 2.24) is 5.32 Å².